The van der Waals surface area contributed by atoms with Crippen LogP contribution in [0.2, 0.25) is 5.02 Å². The van der Waals surface area contributed by atoms with Gasteiger partial charge in [0, 0.05) is 59.2 Å². The molecule has 6 N–H and O–H groups in total. The standard InChI is InChI=1S/C16H24ClN5S/c1-10-13(9-18)15(12-3-2-11(17)8-14(12)19)21-16(20-10)22-4-6-23-7-5-22/h2-3,8,10,16,20-21H,4-7,9,18-19H2,1H3. The van der Waals surface area contributed by atoms with E-state index in [1.165, 1.54) is 11.5 Å². The van der Waals surface area contributed by atoms with Gasteiger partial charge in [0.15, 0.2) is 0 Å². The van der Waals surface area contributed by atoms with E-state index in [4.69, 9.17) is 23.1 Å². The predicted octanol–water partition coefficient (Wildman–Crippen LogP) is 1.51. The molecule has 0 aliphatic carbocycles. The molecule has 2 aliphatic heterocycles. The summed E-state index contributed by atoms with van der Waals surface area (Å²) in [6.45, 7) is 4.79. The van der Waals surface area contributed by atoms with Gasteiger partial charge in [0.05, 0.1) is 0 Å². The van der Waals surface area contributed by atoms with E-state index in [9.17, 15) is 0 Å². The van der Waals surface area contributed by atoms with Crippen molar-refractivity contribution in [1.29, 1.82) is 0 Å². The molecule has 0 aromatic heterocycles. The first-order valence-corrected chi connectivity index (χ1v) is 9.46. The van der Waals surface area contributed by atoms with Gasteiger partial charge in [-0.25, -0.2) is 0 Å². The molecule has 0 spiro atoms. The lowest BCUT2D eigenvalue weighted by atomic mass is 9.97. The van der Waals surface area contributed by atoms with Gasteiger partial charge in [0.25, 0.3) is 0 Å². The largest absolute Gasteiger partial charge is 0.398 e. The third kappa shape index (κ3) is 3.61. The summed E-state index contributed by atoms with van der Waals surface area (Å²) >= 11 is 8.05. The molecule has 1 aromatic carbocycles. The van der Waals surface area contributed by atoms with Crippen LogP contribution in [0.5, 0.6) is 0 Å². The lowest BCUT2D eigenvalue weighted by molar-refractivity contribution is 0.150. The smallest absolute Gasteiger partial charge is 0.135 e. The number of hydrogen-bond donors (Lipinski definition) is 4. The Labute approximate surface area is 146 Å². The Morgan fingerprint density at radius 2 is 2.09 bits per heavy atom. The minimum atomic E-state index is 0.103. The van der Waals surface area contributed by atoms with Crippen molar-refractivity contribution in [3.8, 4) is 0 Å². The minimum absolute atomic E-state index is 0.103. The number of nitrogens with one attached hydrogen (secondary N) is 2. The Morgan fingerprint density at radius 3 is 2.74 bits per heavy atom. The summed E-state index contributed by atoms with van der Waals surface area (Å²) in [4.78, 5) is 2.44. The molecule has 2 heterocycles. The van der Waals surface area contributed by atoms with Crippen molar-refractivity contribution in [3.63, 3.8) is 0 Å². The molecule has 0 amide bonds. The fourth-order valence-corrected chi connectivity index (χ4v) is 4.26. The maximum absolute atomic E-state index is 6.20. The number of thioether (sulfide) groups is 1. The highest BCUT2D eigenvalue weighted by Crippen LogP contribution is 2.29. The first-order valence-electron chi connectivity index (χ1n) is 7.93. The maximum atomic E-state index is 6.20. The number of nitrogens with zero attached hydrogens (tertiary/aromatic N) is 1. The van der Waals surface area contributed by atoms with Gasteiger partial charge in [-0.3, -0.25) is 10.2 Å². The Morgan fingerprint density at radius 1 is 1.35 bits per heavy atom. The van der Waals surface area contributed by atoms with E-state index in [1.807, 2.05) is 23.9 Å². The van der Waals surface area contributed by atoms with Crippen LogP contribution < -0.4 is 22.1 Å². The molecule has 2 unspecified atom stereocenters. The van der Waals surface area contributed by atoms with Gasteiger partial charge in [0.2, 0.25) is 0 Å². The Kier molecular flexibility index (Phi) is 5.38. The van der Waals surface area contributed by atoms with Gasteiger partial charge in [-0.1, -0.05) is 11.6 Å². The zero-order valence-electron chi connectivity index (χ0n) is 13.3. The first-order chi connectivity index (χ1) is 11.1. The highest BCUT2D eigenvalue weighted by molar-refractivity contribution is 7.99. The molecule has 23 heavy (non-hydrogen) atoms. The van der Waals surface area contributed by atoms with Crippen LogP contribution in [-0.2, 0) is 0 Å². The van der Waals surface area contributed by atoms with Gasteiger partial charge >= 0.3 is 0 Å². The second-order valence-electron chi connectivity index (χ2n) is 5.92. The molecule has 1 aromatic rings. The SMILES string of the molecule is CC1NC(N2CCSCC2)NC(c2ccc(Cl)cc2N)=C1CN. The maximum Gasteiger partial charge on any atom is 0.135 e. The Hall–Kier alpha value is -0.920. The van der Waals surface area contributed by atoms with Gasteiger partial charge in [-0.15, -0.1) is 0 Å². The molecule has 7 heteroatoms. The van der Waals surface area contributed by atoms with Crippen molar-refractivity contribution in [1.82, 2.24) is 15.5 Å². The van der Waals surface area contributed by atoms with E-state index in [-0.39, 0.29) is 12.3 Å². The molecule has 126 valence electrons. The van der Waals surface area contributed by atoms with Crippen LogP contribution in [0.4, 0.5) is 5.69 Å². The van der Waals surface area contributed by atoms with Crippen molar-refractivity contribution < 1.29 is 0 Å². The topological polar surface area (TPSA) is 79.3 Å². The number of hydrogen-bond acceptors (Lipinski definition) is 6. The molecular weight excluding hydrogens is 330 g/mol. The fraction of sp³-hybridized carbons (Fsp3) is 0.500. The normalized spacial score (nSPS) is 26.2. The van der Waals surface area contributed by atoms with E-state index in [0.717, 1.165) is 29.9 Å². The van der Waals surface area contributed by atoms with Crippen LogP contribution in [0.3, 0.4) is 0 Å². The molecule has 2 aliphatic rings. The molecule has 1 saturated heterocycles. The predicted molar refractivity (Wildman–Crippen MR) is 100 cm³/mol. The zero-order chi connectivity index (χ0) is 16.4. The van der Waals surface area contributed by atoms with Crippen molar-refractivity contribution in [2.45, 2.75) is 19.3 Å². The molecule has 0 saturated carbocycles. The average molecular weight is 354 g/mol. The van der Waals surface area contributed by atoms with Crippen LogP contribution in [0.25, 0.3) is 5.70 Å². The highest BCUT2D eigenvalue weighted by atomic mass is 35.5. The number of benzene rings is 1. The van der Waals surface area contributed by atoms with E-state index in [0.29, 0.717) is 17.3 Å². The quantitative estimate of drug-likeness (QED) is 0.617. The second-order valence-corrected chi connectivity index (χ2v) is 7.58. The summed E-state index contributed by atoms with van der Waals surface area (Å²) in [5.41, 5.74) is 16.0. The van der Waals surface area contributed by atoms with Crippen LogP contribution in [0, 0.1) is 0 Å². The van der Waals surface area contributed by atoms with Crippen LogP contribution >= 0.6 is 23.4 Å². The van der Waals surface area contributed by atoms with Crippen LogP contribution in [-0.4, -0.2) is 48.4 Å². The molecule has 1 fully saturated rings. The third-order valence-corrected chi connectivity index (χ3v) is 5.62. The van der Waals surface area contributed by atoms with Gasteiger partial charge in [0.1, 0.15) is 6.29 Å². The van der Waals surface area contributed by atoms with Gasteiger partial charge in [-0.05, 0) is 30.7 Å². The number of anilines is 1. The Bertz CT molecular complexity index is 600. The zero-order valence-corrected chi connectivity index (χ0v) is 14.9. The minimum Gasteiger partial charge on any atom is -0.398 e. The fourth-order valence-electron chi connectivity index (χ4n) is 3.15. The molecule has 2 atom stereocenters. The van der Waals surface area contributed by atoms with Gasteiger partial charge < -0.3 is 16.8 Å². The molecule has 0 bridgehead atoms. The summed E-state index contributed by atoms with van der Waals surface area (Å²) in [7, 11) is 0. The van der Waals surface area contributed by atoms with E-state index in [1.54, 1.807) is 6.07 Å². The number of rotatable bonds is 3. The lowest BCUT2D eigenvalue weighted by Crippen LogP contribution is -2.62. The number of halogens is 1. The molecule has 3 rings (SSSR count). The van der Waals surface area contributed by atoms with Crippen molar-refractivity contribution in [2.75, 3.05) is 36.9 Å². The van der Waals surface area contributed by atoms with Gasteiger partial charge in [-0.2, -0.15) is 11.8 Å². The number of nitrogen functional groups attached to an aromatic ring is 1. The summed E-state index contributed by atoms with van der Waals surface area (Å²) in [6.07, 6.45) is 0.103. The third-order valence-electron chi connectivity index (χ3n) is 4.45. The van der Waals surface area contributed by atoms with E-state index in [2.05, 4.69) is 22.5 Å². The first kappa shape index (κ1) is 16.9. The second kappa shape index (κ2) is 7.32. The molecule has 5 nitrogen and oxygen atoms in total. The van der Waals surface area contributed by atoms with Crippen LogP contribution in [0.15, 0.2) is 23.8 Å². The summed E-state index contributed by atoms with van der Waals surface area (Å²) in [5, 5.41) is 7.88. The summed E-state index contributed by atoms with van der Waals surface area (Å²) in [5.74, 6) is 2.33. The Balaban J connectivity index is 1.93. The monoisotopic (exact) mass is 353 g/mol. The van der Waals surface area contributed by atoms with E-state index < -0.39 is 0 Å². The highest BCUT2D eigenvalue weighted by Gasteiger charge is 2.30. The molecule has 0 radical (unpaired) electrons. The molecular formula is C16H24ClN5S. The van der Waals surface area contributed by atoms with Crippen molar-refractivity contribution >= 4 is 34.7 Å². The summed E-state index contributed by atoms with van der Waals surface area (Å²) < 4.78 is 0. The van der Waals surface area contributed by atoms with Crippen molar-refractivity contribution in [3.05, 3.63) is 34.4 Å². The number of nitrogens with two attached hydrogens (primary N) is 2. The van der Waals surface area contributed by atoms with E-state index >= 15 is 0 Å². The van der Waals surface area contributed by atoms with Crippen LogP contribution in [0.1, 0.15) is 12.5 Å². The lowest BCUT2D eigenvalue weighted by Gasteiger charge is -2.42. The average Bonchev–Trinajstić information content (AvgIpc) is 2.55. The van der Waals surface area contributed by atoms with Crippen molar-refractivity contribution in [2.24, 2.45) is 5.73 Å². The summed E-state index contributed by atoms with van der Waals surface area (Å²) in [6, 6.07) is 5.83.